The van der Waals surface area contributed by atoms with Gasteiger partial charge in [0.1, 0.15) is 0 Å². The third-order valence-electron chi connectivity index (χ3n) is 3.18. The van der Waals surface area contributed by atoms with E-state index in [1.807, 2.05) is 4.90 Å². The highest BCUT2D eigenvalue weighted by Crippen LogP contribution is 2.15. The van der Waals surface area contributed by atoms with Crippen LogP contribution >= 0.6 is 0 Å². The molecule has 0 bridgehead atoms. The van der Waals surface area contributed by atoms with Crippen LogP contribution < -0.4 is 10.6 Å². The van der Waals surface area contributed by atoms with Gasteiger partial charge < -0.3 is 20.6 Å². The maximum atomic E-state index is 12.1. The number of anilines is 1. The van der Waals surface area contributed by atoms with Gasteiger partial charge in [-0.05, 0) is 37.1 Å². The number of hydrogen-bond acceptors (Lipinski definition) is 3. The van der Waals surface area contributed by atoms with Crippen LogP contribution in [0.4, 0.5) is 10.5 Å². The number of aliphatic hydroxyl groups is 1. The van der Waals surface area contributed by atoms with Crippen molar-refractivity contribution in [3.8, 4) is 0 Å². The normalized spacial score (nSPS) is 14.2. The molecule has 0 atom stereocenters. The van der Waals surface area contributed by atoms with Crippen molar-refractivity contribution in [1.82, 2.24) is 10.2 Å². The Hall–Kier alpha value is -2.08. The summed E-state index contributed by atoms with van der Waals surface area (Å²) in [5, 5.41) is 13.7. The third kappa shape index (κ3) is 3.71. The Kier molecular flexibility index (Phi) is 4.95. The monoisotopic (exact) mass is 277 g/mol. The number of amides is 3. The summed E-state index contributed by atoms with van der Waals surface area (Å²) >= 11 is 0. The first-order valence-electron chi connectivity index (χ1n) is 6.76. The van der Waals surface area contributed by atoms with Gasteiger partial charge in [-0.15, -0.1) is 0 Å². The van der Waals surface area contributed by atoms with Gasteiger partial charge in [0.15, 0.2) is 0 Å². The summed E-state index contributed by atoms with van der Waals surface area (Å²) in [6, 6.07) is 6.44. The van der Waals surface area contributed by atoms with Gasteiger partial charge in [-0.3, -0.25) is 4.79 Å². The fourth-order valence-corrected chi connectivity index (χ4v) is 2.14. The average molecular weight is 277 g/mol. The third-order valence-corrected chi connectivity index (χ3v) is 3.18. The van der Waals surface area contributed by atoms with Crippen LogP contribution in [0.3, 0.4) is 0 Å². The Balaban J connectivity index is 1.92. The topological polar surface area (TPSA) is 81.7 Å². The van der Waals surface area contributed by atoms with Gasteiger partial charge in [0.05, 0.1) is 6.61 Å². The summed E-state index contributed by atoms with van der Waals surface area (Å²) in [5.74, 6) is 0.0405. The second-order valence-electron chi connectivity index (χ2n) is 4.68. The van der Waals surface area contributed by atoms with Gasteiger partial charge in [-0.1, -0.05) is 0 Å². The zero-order chi connectivity index (χ0) is 14.4. The molecule has 2 rings (SSSR count). The van der Waals surface area contributed by atoms with E-state index in [0.717, 1.165) is 25.9 Å². The first-order chi connectivity index (χ1) is 9.70. The van der Waals surface area contributed by atoms with Crippen molar-refractivity contribution in [2.24, 2.45) is 0 Å². The minimum absolute atomic E-state index is 0.0405. The highest BCUT2D eigenvalue weighted by molar-refractivity contribution is 5.95. The molecule has 1 fully saturated rings. The number of urea groups is 1. The lowest BCUT2D eigenvalue weighted by Gasteiger charge is -2.15. The van der Waals surface area contributed by atoms with E-state index in [1.165, 1.54) is 0 Å². The van der Waals surface area contributed by atoms with Crippen LogP contribution in [0.25, 0.3) is 0 Å². The largest absolute Gasteiger partial charge is 0.395 e. The standard InChI is InChI=1S/C14H19N3O3/c18-10-7-15-14(20)16-12-5-3-11(4-6-12)13(19)17-8-1-2-9-17/h3-6,18H,1-2,7-10H2,(H2,15,16,20). The molecule has 1 aromatic rings. The van der Waals surface area contributed by atoms with Crippen molar-refractivity contribution in [3.05, 3.63) is 29.8 Å². The van der Waals surface area contributed by atoms with Crippen molar-refractivity contribution in [2.45, 2.75) is 12.8 Å². The number of likely N-dealkylation sites (tertiary alicyclic amines) is 1. The SMILES string of the molecule is O=C(NCCO)Nc1ccc(C(=O)N2CCCC2)cc1. The van der Waals surface area contributed by atoms with Crippen molar-refractivity contribution in [2.75, 3.05) is 31.6 Å². The van der Waals surface area contributed by atoms with E-state index in [2.05, 4.69) is 10.6 Å². The number of hydrogen-bond donors (Lipinski definition) is 3. The Morgan fingerprint density at radius 1 is 1.15 bits per heavy atom. The molecule has 1 aliphatic rings. The molecule has 1 saturated heterocycles. The maximum Gasteiger partial charge on any atom is 0.319 e. The minimum Gasteiger partial charge on any atom is -0.395 e. The van der Waals surface area contributed by atoms with E-state index < -0.39 is 0 Å². The van der Waals surface area contributed by atoms with Gasteiger partial charge in [-0.2, -0.15) is 0 Å². The number of nitrogens with zero attached hydrogens (tertiary/aromatic N) is 1. The zero-order valence-corrected chi connectivity index (χ0v) is 11.3. The summed E-state index contributed by atoms with van der Waals surface area (Å²) in [6.07, 6.45) is 2.13. The first kappa shape index (κ1) is 14.3. The molecule has 0 spiro atoms. The lowest BCUT2D eigenvalue weighted by Crippen LogP contribution is -2.31. The van der Waals surface area contributed by atoms with Crippen molar-refractivity contribution in [1.29, 1.82) is 0 Å². The van der Waals surface area contributed by atoms with Crippen LogP contribution in [0.2, 0.25) is 0 Å². The summed E-state index contributed by atoms with van der Waals surface area (Å²) in [7, 11) is 0. The molecule has 0 saturated carbocycles. The zero-order valence-electron chi connectivity index (χ0n) is 11.3. The van der Waals surface area contributed by atoms with Crippen LogP contribution in [0.1, 0.15) is 23.2 Å². The number of benzene rings is 1. The van der Waals surface area contributed by atoms with E-state index in [1.54, 1.807) is 24.3 Å². The molecule has 0 aliphatic carbocycles. The van der Waals surface area contributed by atoms with Crippen LogP contribution in [0.5, 0.6) is 0 Å². The molecule has 6 nitrogen and oxygen atoms in total. The van der Waals surface area contributed by atoms with Crippen LogP contribution in [0, 0.1) is 0 Å². The molecule has 108 valence electrons. The molecular weight excluding hydrogens is 258 g/mol. The molecular formula is C14H19N3O3. The van der Waals surface area contributed by atoms with Crippen molar-refractivity contribution >= 4 is 17.6 Å². The van der Waals surface area contributed by atoms with E-state index in [4.69, 9.17) is 5.11 Å². The molecule has 0 aromatic heterocycles. The molecule has 1 aromatic carbocycles. The summed E-state index contributed by atoms with van der Waals surface area (Å²) in [6.45, 7) is 1.75. The van der Waals surface area contributed by atoms with E-state index >= 15 is 0 Å². The quantitative estimate of drug-likeness (QED) is 0.769. The van der Waals surface area contributed by atoms with Crippen LogP contribution in [-0.2, 0) is 0 Å². The first-order valence-corrected chi connectivity index (χ1v) is 6.76. The smallest absolute Gasteiger partial charge is 0.319 e. The molecule has 3 N–H and O–H groups in total. The fraction of sp³-hybridized carbons (Fsp3) is 0.429. The number of aliphatic hydroxyl groups excluding tert-OH is 1. The molecule has 3 amide bonds. The summed E-state index contributed by atoms with van der Waals surface area (Å²) < 4.78 is 0. The number of rotatable bonds is 4. The van der Waals surface area contributed by atoms with Crippen molar-refractivity contribution in [3.63, 3.8) is 0 Å². The average Bonchev–Trinajstić information content (AvgIpc) is 2.99. The molecule has 0 radical (unpaired) electrons. The van der Waals surface area contributed by atoms with Crippen LogP contribution in [0.15, 0.2) is 24.3 Å². The van der Waals surface area contributed by atoms with E-state index in [-0.39, 0.29) is 25.1 Å². The Labute approximate surface area is 117 Å². The van der Waals surface area contributed by atoms with Gasteiger partial charge in [0.2, 0.25) is 0 Å². The molecule has 20 heavy (non-hydrogen) atoms. The van der Waals surface area contributed by atoms with Gasteiger partial charge >= 0.3 is 6.03 Å². The highest BCUT2D eigenvalue weighted by Gasteiger charge is 2.19. The predicted octanol–water partition coefficient (Wildman–Crippen LogP) is 1.04. The Morgan fingerprint density at radius 2 is 1.80 bits per heavy atom. The van der Waals surface area contributed by atoms with Gasteiger partial charge in [0, 0.05) is 30.9 Å². The summed E-state index contributed by atoms with van der Waals surface area (Å²) in [5.41, 5.74) is 1.24. The van der Waals surface area contributed by atoms with Gasteiger partial charge in [-0.25, -0.2) is 4.79 Å². The molecule has 0 unspecified atom stereocenters. The second kappa shape index (κ2) is 6.91. The minimum atomic E-state index is -0.377. The number of carbonyl (C=O) groups is 2. The molecule has 1 aliphatic heterocycles. The van der Waals surface area contributed by atoms with E-state index in [0.29, 0.717) is 11.3 Å². The number of carbonyl (C=O) groups excluding carboxylic acids is 2. The van der Waals surface area contributed by atoms with Gasteiger partial charge in [0.25, 0.3) is 5.91 Å². The maximum absolute atomic E-state index is 12.1. The molecule has 1 heterocycles. The lowest BCUT2D eigenvalue weighted by molar-refractivity contribution is 0.0793. The lowest BCUT2D eigenvalue weighted by atomic mass is 10.2. The Morgan fingerprint density at radius 3 is 2.40 bits per heavy atom. The van der Waals surface area contributed by atoms with E-state index in [9.17, 15) is 9.59 Å². The molecule has 6 heteroatoms. The summed E-state index contributed by atoms with van der Waals surface area (Å²) in [4.78, 5) is 25.4. The number of nitrogens with one attached hydrogen (secondary N) is 2. The van der Waals surface area contributed by atoms with Crippen molar-refractivity contribution < 1.29 is 14.7 Å². The predicted molar refractivity (Wildman–Crippen MR) is 75.7 cm³/mol. The second-order valence-corrected chi connectivity index (χ2v) is 4.68. The fourth-order valence-electron chi connectivity index (χ4n) is 2.14. The highest BCUT2D eigenvalue weighted by atomic mass is 16.3. The van der Waals surface area contributed by atoms with Crippen LogP contribution in [-0.4, -0.2) is 48.2 Å². The Bertz CT molecular complexity index is 467.